The number of nitrogens with one attached hydrogen (secondary N) is 2. The Morgan fingerprint density at radius 1 is 1.58 bits per heavy atom. The summed E-state index contributed by atoms with van der Waals surface area (Å²) in [6, 6.07) is 4.22. The molecule has 3 N–H and O–H groups in total. The number of benzene rings is 1. The third-order valence-electron chi connectivity index (χ3n) is 4.51. The molecule has 7 nitrogen and oxygen atoms in total. The van der Waals surface area contributed by atoms with Gasteiger partial charge in [-0.05, 0) is 30.6 Å². The third kappa shape index (κ3) is 3.68. The van der Waals surface area contributed by atoms with Gasteiger partial charge in [0, 0.05) is 13.0 Å². The minimum Gasteiger partial charge on any atom is -0.394 e. The van der Waals surface area contributed by atoms with E-state index in [1.165, 1.54) is 11.0 Å². The smallest absolute Gasteiger partial charge is 0.229 e. The Kier molecular flexibility index (Phi) is 5.77. The monoisotopic (exact) mass is 380 g/mol. The molecule has 1 aromatic heterocycles. The van der Waals surface area contributed by atoms with Gasteiger partial charge in [0.1, 0.15) is 5.82 Å². The highest BCUT2D eigenvalue weighted by atomic mass is 32.2. The molecule has 1 aliphatic heterocycles. The lowest BCUT2D eigenvalue weighted by Gasteiger charge is -2.19. The predicted octanol–water partition coefficient (Wildman–Crippen LogP) is 1.29. The van der Waals surface area contributed by atoms with Crippen LogP contribution in [0.2, 0.25) is 0 Å². The Morgan fingerprint density at radius 3 is 3.12 bits per heavy atom. The zero-order valence-corrected chi connectivity index (χ0v) is 15.2. The minimum atomic E-state index is -0.552. The molecule has 2 aromatic rings. The SMILES string of the molecule is CSCC[C@@H](CO)NC(=O)C1CC(=O)N(c2n[nH]c3cccc(F)c23)C1. The maximum atomic E-state index is 14.1. The number of aromatic amines is 1. The summed E-state index contributed by atoms with van der Waals surface area (Å²) < 4.78 is 14.1. The highest BCUT2D eigenvalue weighted by molar-refractivity contribution is 7.98. The first-order valence-corrected chi connectivity index (χ1v) is 9.77. The highest BCUT2D eigenvalue weighted by Gasteiger charge is 2.37. The first-order valence-electron chi connectivity index (χ1n) is 8.38. The predicted molar refractivity (Wildman–Crippen MR) is 98.5 cm³/mol. The van der Waals surface area contributed by atoms with Gasteiger partial charge in [0.15, 0.2) is 5.82 Å². The number of anilines is 1. The second-order valence-corrected chi connectivity index (χ2v) is 7.27. The molecule has 0 saturated carbocycles. The summed E-state index contributed by atoms with van der Waals surface area (Å²) >= 11 is 1.63. The number of thioether (sulfide) groups is 1. The van der Waals surface area contributed by atoms with Crippen LogP contribution in [0.5, 0.6) is 0 Å². The van der Waals surface area contributed by atoms with Crippen molar-refractivity contribution in [2.75, 3.05) is 30.1 Å². The van der Waals surface area contributed by atoms with Crippen LogP contribution in [0.15, 0.2) is 18.2 Å². The Hall–Kier alpha value is -2.13. The van der Waals surface area contributed by atoms with Crippen molar-refractivity contribution >= 4 is 40.3 Å². The van der Waals surface area contributed by atoms with Crippen LogP contribution in [-0.4, -0.2) is 58.3 Å². The number of H-pyrrole nitrogens is 1. The van der Waals surface area contributed by atoms with Crippen LogP contribution in [0.4, 0.5) is 10.2 Å². The van der Waals surface area contributed by atoms with E-state index >= 15 is 0 Å². The molecule has 26 heavy (non-hydrogen) atoms. The van der Waals surface area contributed by atoms with Crippen LogP contribution < -0.4 is 10.2 Å². The van der Waals surface area contributed by atoms with Crippen LogP contribution in [0, 0.1) is 11.7 Å². The molecule has 1 aromatic carbocycles. The summed E-state index contributed by atoms with van der Waals surface area (Å²) in [6.07, 6.45) is 2.65. The first kappa shape index (κ1) is 18.7. The van der Waals surface area contributed by atoms with Crippen molar-refractivity contribution in [3.8, 4) is 0 Å². The van der Waals surface area contributed by atoms with E-state index in [1.54, 1.807) is 23.9 Å². The molecule has 0 radical (unpaired) electrons. The number of aliphatic hydroxyl groups is 1. The number of aromatic nitrogens is 2. The van der Waals surface area contributed by atoms with Crippen LogP contribution in [0.3, 0.4) is 0 Å². The van der Waals surface area contributed by atoms with Crippen LogP contribution >= 0.6 is 11.8 Å². The fraction of sp³-hybridized carbons (Fsp3) is 0.471. The van der Waals surface area contributed by atoms with Crippen LogP contribution in [-0.2, 0) is 9.59 Å². The molecule has 2 amide bonds. The summed E-state index contributed by atoms with van der Waals surface area (Å²) in [7, 11) is 0. The molecule has 1 aliphatic rings. The third-order valence-corrected chi connectivity index (χ3v) is 5.15. The van der Waals surface area contributed by atoms with Crippen molar-refractivity contribution in [3.05, 3.63) is 24.0 Å². The Bertz CT molecular complexity index is 812. The number of aliphatic hydroxyl groups excluding tert-OH is 1. The van der Waals surface area contributed by atoms with Gasteiger partial charge in [-0.2, -0.15) is 16.9 Å². The van der Waals surface area contributed by atoms with Gasteiger partial charge in [-0.3, -0.25) is 19.6 Å². The average Bonchev–Trinajstić information content (AvgIpc) is 3.22. The second kappa shape index (κ2) is 8.05. The highest BCUT2D eigenvalue weighted by Crippen LogP contribution is 2.31. The molecule has 0 bridgehead atoms. The lowest BCUT2D eigenvalue weighted by Crippen LogP contribution is -2.42. The quantitative estimate of drug-likeness (QED) is 0.672. The van der Waals surface area contributed by atoms with Gasteiger partial charge in [-0.15, -0.1) is 0 Å². The standard InChI is InChI=1S/C17H21FN4O3S/c1-26-6-5-11(9-23)19-17(25)10-7-14(24)22(8-10)16-15-12(18)3-2-4-13(15)20-21-16/h2-4,10-11,23H,5-9H2,1H3,(H,19,25)(H,20,21)/t10?,11-/m0/s1. The molecule has 2 heterocycles. The van der Waals surface area contributed by atoms with Gasteiger partial charge in [0.05, 0.1) is 29.5 Å². The van der Waals surface area contributed by atoms with Gasteiger partial charge < -0.3 is 10.4 Å². The Morgan fingerprint density at radius 2 is 2.38 bits per heavy atom. The van der Waals surface area contributed by atoms with E-state index in [4.69, 9.17) is 0 Å². The number of carbonyl (C=O) groups excluding carboxylic acids is 2. The number of hydrogen-bond donors (Lipinski definition) is 3. The number of halogens is 1. The van der Waals surface area contributed by atoms with E-state index in [1.807, 2.05) is 6.26 Å². The largest absolute Gasteiger partial charge is 0.394 e. The van der Waals surface area contributed by atoms with Gasteiger partial charge in [0.2, 0.25) is 11.8 Å². The number of fused-ring (bicyclic) bond motifs is 1. The van der Waals surface area contributed by atoms with Crippen LogP contribution in [0.25, 0.3) is 10.9 Å². The van der Waals surface area contributed by atoms with E-state index in [9.17, 15) is 19.1 Å². The average molecular weight is 380 g/mol. The van der Waals surface area contributed by atoms with Gasteiger partial charge in [0.25, 0.3) is 0 Å². The van der Waals surface area contributed by atoms with Crippen molar-refractivity contribution in [3.63, 3.8) is 0 Å². The van der Waals surface area contributed by atoms with E-state index in [0.717, 1.165) is 5.75 Å². The van der Waals surface area contributed by atoms with Gasteiger partial charge in [-0.1, -0.05) is 6.07 Å². The zero-order chi connectivity index (χ0) is 18.7. The van der Waals surface area contributed by atoms with Crippen molar-refractivity contribution in [2.45, 2.75) is 18.9 Å². The molecule has 2 atom stereocenters. The topological polar surface area (TPSA) is 98.3 Å². The number of amides is 2. The Labute approximate surface area is 154 Å². The van der Waals surface area contributed by atoms with E-state index in [2.05, 4.69) is 15.5 Å². The van der Waals surface area contributed by atoms with Gasteiger partial charge in [-0.25, -0.2) is 4.39 Å². The molecule has 0 spiro atoms. The fourth-order valence-corrected chi connectivity index (χ4v) is 3.61. The van der Waals surface area contributed by atoms with Crippen molar-refractivity contribution < 1.29 is 19.1 Å². The minimum absolute atomic E-state index is 0.0370. The van der Waals surface area contributed by atoms with Crippen molar-refractivity contribution in [2.24, 2.45) is 5.92 Å². The number of carbonyl (C=O) groups is 2. The van der Waals surface area contributed by atoms with Crippen molar-refractivity contribution in [1.29, 1.82) is 0 Å². The molecule has 3 rings (SSSR count). The molecule has 1 unspecified atom stereocenters. The molecule has 0 aliphatic carbocycles. The summed E-state index contributed by atoms with van der Waals surface area (Å²) in [5.74, 6) is -0.541. The second-order valence-electron chi connectivity index (χ2n) is 6.28. The maximum Gasteiger partial charge on any atom is 0.229 e. The molecular weight excluding hydrogens is 359 g/mol. The molecular formula is C17H21FN4O3S. The summed E-state index contributed by atoms with van der Waals surface area (Å²) in [4.78, 5) is 26.2. The van der Waals surface area contributed by atoms with E-state index in [-0.39, 0.29) is 48.6 Å². The van der Waals surface area contributed by atoms with E-state index < -0.39 is 11.7 Å². The Balaban J connectivity index is 1.73. The first-order chi connectivity index (χ1) is 12.5. The summed E-state index contributed by atoms with van der Waals surface area (Å²) in [6.45, 7) is -0.00841. The number of rotatable bonds is 7. The fourth-order valence-electron chi connectivity index (χ4n) is 3.09. The molecule has 1 saturated heterocycles. The summed E-state index contributed by atoms with van der Waals surface area (Å²) in [5.41, 5.74) is 0.498. The maximum absolute atomic E-state index is 14.1. The normalized spacial score (nSPS) is 18.5. The zero-order valence-electron chi connectivity index (χ0n) is 14.4. The molecule has 140 valence electrons. The lowest BCUT2D eigenvalue weighted by molar-refractivity contribution is -0.127. The summed E-state index contributed by atoms with van der Waals surface area (Å²) in [5, 5.41) is 19.2. The van der Waals surface area contributed by atoms with Crippen LogP contribution in [0.1, 0.15) is 12.8 Å². The molecule has 1 fully saturated rings. The lowest BCUT2D eigenvalue weighted by atomic mass is 10.1. The number of hydrogen-bond acceptors (Lipinski definition) is 5. The van der Waals surface area contributed by atoms with E-state index in [0.29, 0.717) is 11.9 Å². The van der Waals surface area contributed by atoms with Gasteiger partial charge >= 0.3 is 0 Å². The van der Waals surface area contributed by atoms with Crippen molar-refractivity contribution in [1.82, 2.24) is 15.5 Å². The number of nitrogens with zero attached hydrogens (tertiary/aromatic N) is 2. The molecule has 9 heteroatoms.